The molecule has 4 rings (SSSR count). The van der Waals surface area contributed by atoms with E-state index in [1.165, 1.54) is 0 Å². The van der Waals surface area contributed by atoms with Gasteiger partial charge in [-0.2, -0.15) is 0 Å². The number of aromatic nitrogens is 1. The van der Waals surface area contributed by atoms with E-state index in [-0.39, 0.29) is 11.7 Å². The largest absolute Gasteiger partial charge is 0.370 e. The van der Waals surface area contributed by atoms with E-state index >= 15 is 0 Å². The molecule has 1 saturated heterocycles. The molecular weight excluding hydrogens is 376 g/mol. The number of rotatable bonds is 6. The molecule has 2 aromatic carbocycles. The van der Waals surface area contributed by atoms with Gasteiger partial charge in [-0.05, 0) is 50.8 Å². The summed E-state index contributed by atoms with van der Waals surface area (Å²) in [7, 11) is 4.23. The smallest absolute Gasteiger partial charge is 0.272 e. The predicted octanol–water partition coefficient (Wildman–Crippen LogP) is 3.64. The number of likely N-dealkylation sites (N-methyl/N-ethyl adjacent to an activating group) is 1. The van der Waals surface area contributed by atoms with Crippen LogP contribution in [0.1, 0.15) is 32.8 Å². The van der Waals surface area contributed by atoms with E-state index in [1.807, 2.05) is 42.5 Å². The van der Waals surface area contributed by atoms with E-state index in [0.717, 1.165) is 30.9 Å². The molecule has 0 radical (unpaired) electrons. The number of nitrogens with zero attached hydrogens (tertiary/aromatic N) is 2. The van der Waals surface area contributed by atoms with Crippen molar-refractivity contribution in [3.05, 3.63) is 83.7 Å². The Labute approximate surface area is 176 Å². The van der Waals surface area contributed by atoms with Crippen LogP contribution in [-0.2, 0) is 0 Å². The fourth-order valence-corrected chi connectivity index (χ4v) is 3.76. The average Bonchev–Trinajstić information content (AvgIpc) is 3.45. The maximum Gasteiger partial charge on any atom is 0.272 e. The molecular formula is C24H26N4O2. The first kappa shape index (κ1) is 19.9. The second-order valence-corrected chi connectivity index (χ2v) is 7.85. The van der Waals surface area contributed by atoms with E-state index in [4.69, 9.17) is 0 Å². The Hall–Kier alpha value is -3.38. The predicted molar refractivity (Wildman–Crippen MR) is 119 cm³/mol. The van der Waals surface area contributed by atoms with Gasteiger partial charge < -0.3 is 20.1 Å². The van der Waals surface area contributed by atoms with Crippen molar-refractivity contribution in [1.29, 1.82) is 0 Å². The standard InChI is InChI=1S/C24H26N4O2/c1-27(2)21-12-13-28(16-21)20-10-8-19(9-11-20)26-24(30)22-14-18(15-25-22)23(29)17-6-4-3-5-7-17/h3-11,14-15,21,25H,12-13,16H2,1-2H3,(H,26,30). The third-order valence-electron chi connectivity index (χ3n) is 5.61. The van der Waals surface area contributed by atoms with Crippen LogP contribution in [0.15, 0.2) is 66.9 Å². The number of hydrogen-bond donors (Lipinski definition) is 2. The molecule has 6 nitrogen and oxygen atoms in total. The Balaban J connectivity index is 1.39. The van der Waals surface area contributed by atoms with Crippen LogP contribution in [-0.4, -0.2) is 54.8 Å². The van der Waals surface area contributed by atoms with Crippen molar-refractivity contribution < 1.29 is 9.59 Å². The van der Waals surface area contributed by atoms with Gasteiger partial charge in [0.15, 0.2) is 5.78 Å². The lowest BCUT2D eigenvalue weighted by Gasteiger charge is -2.22. The Morgan fingerprint density at radius 1 is 1.03 bits per heavy atom. The lowest BCUT2D eigenvalue weighted by molar-refractivity contribution is 0.102. The summed E-state index contributed by atoms with van der Waals surface area (Å²) in [5.74, 6) is -0.388. The fraction of sp³-hybridized carbons (Fsp3) is 0.250. The highest BCUT2D eigenvalue weighted by atomic mass is 16.2. The maximum atomic E-state index is 12.6. The summed E-state index contributed by atoms with van der Waals surface area (Å²) in [5, 5.41) is 2.89. The number of H-pyrrole nitrogens is 1. The molecule has 0 bridgehead atoms. The average molecular weight is 402 g/mol. The highest BCUT2D eigenvalue weighted by Gasteiger charge is 2.24. The van der Waals surface area contributed by atoms with E-state index in [1.54, 1.807) is 24.4 Å². The van der Waals surface area contributed by atoms with Gasteiger partial charge in [-0.3, -0.25) is 9.59 Å². The summed E-state index contributed by atoms with van der Waals surface area (Å²) in [6.45, 7) is 2.05. The minimum atomic E-state index is -0.274. The molecule has 6 heteroatoms. The topological polar surface area (TPSA) is 68.4 Å². The first-order chi connectivity index (χ1) is 14.5. The van der Waals surface area contributed by atoms with Crippen molar-refractivity contribution in [3.63, 3.8) is 0 Å². The minimum absolute atomic E-state index is 0.114. The van der Waals surface area contributed by atoms with Crippen molar-refractivity contribution >= 4 is 23.1 Å². The van der Waals surface area contributed by atoms with E-state index in [0.29, 0.717) is 22.9 Å². The van der Waals surface area contributed by atoms with Crippen molar-refractivity contribution in [3.8, 4) is 0 Å². The minimum Gasteiger partial charge on any atom is -0.370 e. The van der Waals surface area contributed by atoms with Gasteiger partial charge in [0.05, 0.1) is 0 Å². The Morgan fingerprint density at radius 2 is 1.77 bits per heavy atom. The molecule has 0 spiro atoms. The monoisotopic (exact) mass is 402 g/mol. The number of anilines is 2. The quantitative estimate of drug-likeness (QED) is 0.618. The Kier molecular flexibility index (Phi) is 5.68. The molecule has 2 heterocycles. The van der Waals surface area contributed by atoms with Crippen LogP contribution in [0, 0.1) is 0 Å². The van der Waals surface area contributed by atoms with Crippen LogP contribution < -0.4 is 10.2 Å². The maximum absolute atomic E-state index is 12.6. The molecule has 1 unspecified atom stereocenters. The summed E-state index contributed by atoms with van der Waals surface area (Å²) >= 11 is 0. The molecule has 0 aliphatic carbocycles. The highest BCUT2D eigenvalue weighted by molar-refractivity contribution is 6.11. The van der Waals surface area contributed by atoms with Gasteiger partial charge in [0.2, 0.25) is 0 Å². The van der Waals surface area contributed by atoms with Gasteiger partial charge in [0.1, 0.15) is 5.69 Å². The van der Waals surface area contributed by atoms with Crippen molar-refractivity contribution in [2.75, 3.05) is 37.4 Å². The second kappa shape index (κ2) is 8.55. The van der Waals surface area contributed by atoms with Crippen LogP contribution in [0.5, 0.6) is 0 Å². The van der Waals surface area contributed by atoms with Crippen molar-refractivity contribution in [2.24, 2.45) is 0 Å². The van der Waals surface area contributed by atoms with E-state index in [9.17, 15) is 9.59 Å². The lowest BCUT2D eigenvalue weighted by Crippen LogP contribution is -2.31. The normalized spacial score (nSPS) is 16.1. The first-order valence-electron chi connectivity index (χ1n) is 10.1. The molecule has 2 N–H and O–H groups in total. The van der Waals surface area contributed by atoms with Crippen LogP contribution >= 0.6 is 0 Å². The van der Waals surface area contributed by atoms with Crippen LogP contribution in [0.25, 0.3) is 0 Å². The van der Waals surface area contributed by atoms with Gasteiger partial charge in [-0.25, -0.2) is 0 Å². The number of hydrogen-bond acceptors (Lipinski definition) is 4. The fourth-order valence-electron chi connectivity index (χ4n) is 3.76. The number of amides is 1. The molecule has 0 saturated carbocycles. The summed E-state index contributed by atoms with van der Waals surface area (Å²) < 4.78 is 0. The number of nitrogens with one attached hydrogen (secondary N) is 2. The summed E-state index contributed by atoms with van der Waals surface area (Å²) in [4.78, 5) is 32.6. The van der Waals surface area contributed by atoms with Gasteiger partial charge in [-0.15, -0.1) is 0 Å². The Morgan fingerprint density at radius 3 is 2.43 bits per heavy atom. The molecule has 1 atom stereocenters. The zero-order valence-corrected chi connectivity index (χ0v) is 17.3. The summed E-state index contributed by atoms with van der Waals surface area (Å²) in [5.41, 5.74) is 3.29. The molecule has 1 aromatic heterocycles. The number of carbonyl (C=O) groups is 2. The van der Waals surface area contributed by atoms with Crippen LogP contribution in [0.3, 0.4) is 0 Å². The highest BCUT2D eigenvalue weighted by Crippen LogP contribution is 2.24. The second-order valence-electron chi connectivity index (χ2n) is 7.85. The molecule has 1 aliphatic heterocycles. The van der Waals surface area contributed by atoms with Gasteiger partial charge >= 0.3 is 0 Å². The molecule has 30 heavy (non-hydrogen) atoms. The van der Waals surface area contributed by atoms with E-state index < -0.39 is 0 Å². The summed E-state index contributed by atoms with van der Waals surface area (Å²) in [6.07, 6.45) is 2.73. The zero-order valence-electron chi connectivity index (χ0n) is 17.3. The molecule has 3 aromatic rings. The number of carbonyl (C=O) groups excluding carboxylic acids is 2. The first-order valence-corrected chi connectivity index (χ1v) is 10.1. The molecule has 1 fully saturated rings. The number of aromatic amines is 1. The molecule has 1 amide bonds. The van der Waals surface area contributed by atoms with Crippen molar-refractivity contribution in [2.45, 2.75) is 12.5 Å². The SMILES string of the molecule is CN(C)C1CCN(c2ccc(NC(=O)c3cc(C(=O)c4ccccc4)c[nH]3)cc2)C1. The third kappa shape index (κ3) is 4.28. The van der Waals surface area contributed by atoms with Crippen LogP contribution in [0.2, 0.25) is 0 Å². The van der Waals surface area contributed by atoms with E-state index in [2.05, 4.69) is 34.2 Å². The van der Waals surface area contributed by atoms with Crippen LogP contribution in [0.4, 0.5) is 11.4 Å². The summed E-state index contributed by atoms with van der Waals surface area (Å²) in [6, 6.07) is 19.1. The number of benzene rings is 2. The lowest BCUT2D eigenvalue weighted by atomic mass is 10.1. The number of ketones is 1. The van der Waals surface area contributed by atoms with Crippen molar-refractivity contribution in [1.82, 2.24) is 9.88 Å². The van der Waals surface area contributed by atoms with Gasteiger partial charge in [0.25, 0.3) is 5.91 Å². The van der Waals surface area contributed by atoms with Gasteiger partial charge in [0, 0.05) is 47.8 Å². The Bertz CT molecular complexity index is 1020. The molecule has 154 valence electrons. The zero-order chi connectivity index (χ0) is 21.1. The van der Waals surface area contributed by atoms with Gasteiger partial charge in [-0.1, -0.05) is 30.3 Å². The molecule has 1 aliphatic rings. The third-order valence-corrected chi connectivity index (χ3v) is 5.61.